The zero-order valence-electron chi connectivity index (χ0n) is 12.8. The first-order chi connectivity index (χ1) is 10.3. The van der Waals surface area contributed by atoms with Crippen LogP contribution < -0.4 is 5.32 Å². The molecule has 3 rings (SSSR count). The Balaban J connectivity index is 2.00. The van der Waals surface area contributed by atoms with Crippen molar-refractivity contribution in [1.82, 2.24) is 9.88 Å². The molecule has 0 unspecified atom stereocenters. The van der Waals surface area contributed by atoms with E-state index in [0.717, 1.165) is 19.6 Å². The van der Waals surface area contributed by atoms with Crippen molar-refractivity contribution in [3.05, 3.63) is 71.4 Å². The van der Waals surface area contributed by atoms with Crippen molar-refractivity contribution in [2.24, 2.45) is 0 Å². The van der Waals surface area contributed by atoms with Crippen molar-refractivity contribution in [3.63, 3.8) is 0 Å². The van der Waals surface area contributed by atoms with Gasteiger partial charge in [0.2, 0.25) is 0 Å². The van der Waals surface area contributed by atoms with Gasteiger partial charge in [-0.1, -0.05) is 49.4 Å². The summed E-state index contributed by atoms with van der Waals surface area (Å²) in [7, 11) is 0. The van der Waals surface area contributed by atoms with Gasteiger partial charge in [-0.15, -0.1) is 0 Å². The van der Waals surface area contributed by atoms with Crippen LogP contribution in [0.2, 0.25) is 0 Å². The second kappa shape index (κ2) is 6.15. The summed E-state index contributed by atoms with van der Waals surface area (Å²) in [6, 6.07) is 17.3. The molecule has 0 atom stereocenters. The van der Waals surface area contributed by atoms with Crippen molar-refractivity contribution < 1.29 is 0 Å². The number of para-hydroxylation sites is 1. The molecule has 0 aliphatic carbocycles. The van der Waals surface area contributed by atoms with E-state index >= 15 is 0 Å². The smallest absolute Gasteiger partial charge is 0.0486 e. The summed E-state index contributed by atoms with van der Waals surface area (Å²) in [5.41, 5.74) is 5.42. The Kier molecular flexibility index (Phi) is 4.07. The highest BCUT2D eigenvalue weighted by atomic mass is 15.0. The van der Waals surface area contributed by atoms with Crippen LogP contribution in [0.1, 0.15) is 23.6 Å². The molecule has 1 N–H and O–H groups in total. The Morgan fingerprint density at radius 2 is 1.71 bits per heavy atom. The largest absolute Gasteiger partial charge is 0.343 e. The molecule has 2 nitrogen and oxygen atoms in total. The summed E-state index contributed by atoms with van der Waals surface area (Å²) in [4.78, 5) is 0. The van der Waals surface area contributed by atoms with Gasteiger partial charge in [-0.05, 0) is 36.2 Å². The van der Waals surface area contributed by atoms with E-state index in [1.165, 1.54) is 27.6 Å². The molecule has 1 heterocycles. The maximum absolute atomic E-state index is 3.43. The van der Waals surface area contributed by atoms with Gasteiger partial charge >= 0.3 is 0 Å². The van der Waals surface area contributed by atoms with Crippen molar-refractivity contribution in [2.45, 2.75) is 26.9 Å². The number of fused-ring (bicyclic) bond motifs is 1. The quantitative estimate of drug-likeness (QED) is 0.743. The second-order valence-corrected chi connectivity index (χ2v) is 5.51. The minimum atomic E-state index is 0.928. The Bertz CT molecular complexity index is 740. The standard InChI is InChI=1S/C19H22N2/c1-3-20-12-17-14-21(19-11-7-6-10-18(17)19)13-16-9-5-4-8-15(16)2/h4-11,14,20H,3,12-13H2,1-2H3. The molecule has 0 saturated heterocycles. The summed E-state index contributed by atoms with van der Waals surface area (Å²) in [6.45, 7) is 7.18. The van der Waals surface area contributed by atoms with Crippen molar-refractivity contribution >= 4 is 10.9 Å². The Labute approximate surface area is 126 Å². The van der Waals surface area contributed by atoms with Gasteiger partial charge in [-0.3, -0.25) is 0 Å². The van der Waals surface area contributed by atoms with Gasteiger partial charge in [-0.25, -0.2) is 0 Å². The summed E-state index contributed by atoms with van der Waals surface area (Å²) >= 11 is 0. The first-order valence-corrected chi connectivity index (χ1v) is 7.61. The molecule has 2 aromatic carbocycles. The topological polar surface area (TPSA) is 17.0 Å². The maximum atomic E-state index is 3.43. The lowest BCUT2D eigenvalue weighted by molar-refractivity contribution is 0.724. The molecular formula is C19H22N2. The van der Waals surface area contributed by atoms with E-state index in [-0.39, 0.29) is 0 Å². The molecule has 0 saturated carbocycles. The van der Waals surface area contributed by atoms with Crippen LogP contribution >= 0.6 is 0 Å². The van der Waals surface area contributed by atoms with Crippen LogP contribution in [-0.4, -0.2) is 11.1 Å². The van der Waals surface area contributed by atoms with Crippen molar-refractivity contribution in [3.8, 4) is 0 Å². The zero-order valence-corrected chi connectivity index (χ0v) is 12.8. The average Bonchev–Trinajstić information content (AvgIpc) is 2.86. The highest BCUT2D eigenvalue weighted by molar-refractivity contribution is 5.84. The number of rotatable bonds is 5. The molecule has 1 aromatic heterocycles. The van der Waals surface area contributed by atoms with Crippen molar-refractivity contribution in [2.75, 3.05) is 6.54 Å². The molecule has 21 heavy (non-hydrogen) atoms. The zero-order chi connectivity index (χ0) is 14.7. The predicted octanol–water partition coefficient (Wildman–Crippen LogP) is 4.11. The lowest BCUT2D eigenvalue weighted by atomic mass is 10.1. The fourth-order valence-electron chi connectivity index (χ4n) is 2.83. The average molecular weight is 278 g/mol. The van der Waals surface area contributed by atoms with E-state index in [2.05, 4.69) is 78.5 Å². The second-order valence-electron chi connectivity index (χ2n) is 5.51. The summed E-state index contributed by atoms with van der Waals surface area (Å²) in [5, 5.41) is 4.79. The van der Waals surface area contributed by atoms with Crippen LogP contribution in [0.25, 0.3) is 10.9 Å². The lowest BCUT2D eigenvalue weighted by Crippen LogP contribution is -2.11. The van der Waals surface area contributed by atoms with Gasteiger partial charge in [0.15, 0.2) is 0 Å². The molecule has 0 fully saturated rings. The fraction of sp³-hybridized carbons (Fsp3) is 0.263. The number of aryl methyl sites for hydroxylation is 1. The third-order valence-corrected chi connectivity index (χ3v) is 4.04. The molecule has 0 bridgehead atoms. The van der Waals surface area contributed by atoms with Crippen LogP contribution in [0.3, 0.4) is 0 Å². The summed E-state index contributed by atoms with van der Waals surface area (Å²) < 4.78 is 2.37. The van der Waals surface area contributed by atoms with Crippen LogP contribution in [0.15, 0.2) is 54.7 Å². The van der Waals surface area contributed by atoms with Gasteiger partial charge in [0.1, 0.15) is 0 Å². The first kappa shape index (κ1) is 13.9. The Morgan fingerprint density at radius 3 is 2.52 bits per heavy atom. The third-order valence-electron chi connectivity index (χ3n) is 4.04. The van der Waals surface area contributed by atoms with Crippen LogP contribution in [-0.2, 0) is 13.1 Å². The molecule has 0 amide bonds. The van der Waals surface area contributed by atoms with Gasteiger partial charge in [-0.2, -0.15) is 0 Å². The maximum Gasteiger partial charge on any atom is 0.0486 e. The lowest BCUT2D eigenvalue weighted by Gasteiger charge is -2.08. The number of aromatic nitrogens is 1. The Hall–Kier alpha value is -2.06. The highest BCUT2D eigenvalue weighted by Gasteiger charge is 2.08. The van der Waals surface area contributed by atoms with Gasteiger partial charge in [0.05, 0.1) is 0 Å². The molecule has 0 aliphatic heterocycles. The number of hydrogen-bond acceptors (Lipinski definition) is 1. The molecule has 2 heteroatoms. The van der Waals surface area contributed by atoms with Crippen molar-refractivity contribution in [1.29, 1.82) is 0 Å². The van der Waals surface area contributed by atoms with Crippen LogP contribution in [0, 0.1) is 6.92 Å². The molecular weight excluding hydrogens is 256 g/mol. The number of nitrogens with one attached hydrogen (secondary N) is 1. The molecule has 0 aliphatic rings. The van der Waals surface area contributed by atoms with E-state index in [1.807, 2.05) is 0 Å². The fourth-order valence-corrected chi connectivity index (χ4v) is 2.83. The van der Waals surface area contributed by atoms with E-state index in [9.17, 15) is 0 Å². The number of nitrogens with zero attached hydrogens (tertiary/aromatic N) is 1. The molecule has 108 valence electrons. The number of benzene rings is 2. The molecule has 0 radical (unpaired) electrons. The van der Waals surface area contributed by atoms with E-state index in [4.69, 9.17) is 0 Å². The normalized spacial score (nSPS) is 11.1. The SMILES string of the molecule is CCNCc1cn(Cc2ccccc2C)c2ccccc12. The van der Waals surface area contributed by atoms with E-state index in [1.54, 1.807) is 0 Å². The molecule has 0 spiro atoms. The van der Waals surface area contributed by atoms with E-state index < -0.39 is 0 Å². The van der Waals surface area contributed by atoms with E-state index in [0.29, 0.717) is 0 Å². The van der Waals surface area contributed by atoms with Crippen LogP contribution in [0.5, 0.6) is 0 Å². The minimum absolute atomic E-state index is 0.928. The summed E-state index contributed by atoms with van der Waals surface area (Å²) in [5.74, 6) is 0. The first-order valence-electron chi connectivity index (χ1n) is 7.61. The van der Waals surface area contributed by atoms with Gasteiger partial charge < -0.3 is 9.88 Å². The minimum Gasteiger partial charge on any atom is -0.343 e. The van der Waals surface area contributed by atoms with Gasteiger partial charge in [0, 0.05) is 30.2 Å². The predicted molar refractivity (Wildman–Crippen MR) is 89.6 cm³/mol. The Morgan fingerprint density at radius 1 is 0.952 bits per heavy atom. The molecule has 3 aromatic rings. The monoisotopic (exact) mass is 278 g/mol. The summed E-state index contributed by atoms with van der Waals surface area (Å²) in [6.07, 6.45) is 2.29. The van der Waals surface area contributed by atoms with Crippen LogP contribution in [0.4, 0.5) is 0 Å². The highest BCUT2D eigenvalue weighted by Crippen LogP contribution is 2.23. The number of hydrogen-bond donors (Lipinski definition) is 1. The third kappa shape index (κ3) is 2.86. The van der Waals surface area contributed by atoms with Gasteiger partial charge in [0.25, 0.3) is 0 Å².